The minimum absolute atomic E-state index is 0.211. The summed E-state index contributed by atoms with van der Waals surface area (Å²) < 4.78 is 0. The van der Waals surface area contributed by atoms with Crippen LogP contribution in [0.2, 0.25) is 0 Å². The second-order valence-corrected chi connectivity index (χ2v) is 3.89. The lowest BCUT2D eigenvalue weighted by Gasteiger charge is -2.04. The Hall–Kier alpha value is -0.670. The molecule has 2 nitrogen and oxygen atoms in total. The molecule has 0 radical (unpaired) electrons. The number of thiophene rings is 1. The Morgan fingerprint density at radius 3 is 3.00 bits per heavy atom. The SMILES string of the molecule is CC(CN)CC(=O)c1cccs1. The molecule has 0 aliphatic carbocycles. The molecule has 3 heteroatoms. The molecule has 0 fully saturated rings. The molecule has 66 valence electrons. The quantitative estimate of drug-likeness (QED) is 0.725. The molecule has 0 amide bonds. The van der Waals surface area contributed by atoms with Crippen molar-refractivity contribution in [1.82, 2.24) is 0 Å². The maximum atomic E-state index is 11.4. The Kier molecular flexibility index (Phi) is 3.44. The Morgan fingerprint density at radius 1 is 1.75 bits per heavy atom. The minimum Gasteiger partial charge on any atom is -0.330 e. The second kappa shape index (κ2) is 4.38. The van der Waals surface area contributed by atoms with E-state index in [0.29, 0.717) is 18.9 Å². The van der Waals surface area contributed by atoms with Gasteiger partial charge in [0, 0.05) is 6.42 Å². The monoisotopic (exact) mass is 183 g/mol. The standard InChI is InChI=1S/C9H13NOS/c1-7(6-10)5-8(11)9-3-2-4-12-9/h2-4,7H,5-6,10H2,1H3. The number of carbonyl (C=O) groups excluding carboxylic acids is 1. The predicted molar refractivity (Wildman–Crippen MR) is 51.5 cm³/mol. The molecule has 0 aliphatic heterocycles. The van der Waals surface area contributed by atoms with E-state index in [9.17, 15) is 4.79 Å². The lowest BCUT2D eigenvalue weighted by Crippen LogP contribution is -2.14. The Bertz CT molecular complexity index is 243. The van der Waals surface area contributed by atoms with E-state index in [1.165, 1.54) is 11.3 Å². The van der Waals surface area contributed by atoms with Gasteiger partial charge in [0.2, 0.25) is 0 Å². The van der Waals surface area contributed by atoms with Crippen LogP contribution in [0.15, 0.2) is 17.5 Å². The summed E-state index contributed by atoms with van der Waals surface area (Å²) >= 11 is 1.49. The van der Waals surface area contributed by atoms with Gasteiger partial charge in [0.1, 0.15) is 0 Å². The smallest absolute Gasteiger partial charge is 0.173 e. The van der Waals surface area contributed by atoms with Gasteiger partial charge in [0.25, 0.3) is 0 Å². The van der Waals surface area contributed by atoms with Crippen LogP contribution >= 0.6 is 11.3 Å². The molecule has 0 aliphatic rings. The molecule has 1 unspecified atom stereocenters. The largest absolute Gasteiger partial charge is 0.330 e. The third kappa shape index (κ3) is 2.43. The van der Waals surface area contributed by atoms with Crippen molar-refractivity contribution in [3.05, 3.63) is 22.4 Å². The van der Waals surface area contributed by atoms with Gasteiger partial charge in [-0.15, -0.1) is 11.3 Å². The number of Topliss-reactive ketones (excluding diaryl/α,β-unsaturated/α-hetero) is 1. The predicted octanol–water partition coefficient (Wildman–Crippen LogP) is 1.92. The molecule has 12 heavy (non-hydrogen) atoms. The number of carbonyl (C=O) groups is 1. The molecule has 0 spiro atoms. The van der Waals surface area contributed by atoms with Crippen molar-refractivity contribution in [2.45, 2.75) is 13.3 Å². The van der Waals surface area contributed by atoms with E-state index >= 15 is 0 Å². The normalized spacial score (nSPS) is 12.8. The lowest BCUT2D eigenvalue weighted by molar-refractivity contribution is 0.0970. The molecule has 0 saturated carbocycles. The molecule has 1 rings (SSSR count). The zero-order valence-electron chi connectivity index (χ0n) is 7.12. The molecular weight excluding hydrogens is 170 g/mol. The summed E-state index contributed by atoms with van der Waals surface area (Å²) in [6, 6.07) is 3.75. The van der Waals surface area contributed by atoms with Crippen molar-refractivity contribution < 1.29 is 4.79 Å². The van der Waals surface area contributed by atoms with Gasteiger partial charge in [-0.1, -0.05) is 13.0 Å². The van der Waals surface area contributed by atoms with Gasteiger partial charge in [-0.2, -0.15) is 0 Å². The fraction of sp³-hybridized carbons (Fsp3) is 0.444. The van der Waals surface area contributed by atoms with Crippen molar-refractivity contribution in [3.8, 4) is 0 Å². The van der Waals surface area contributed by atoms with E-state index in [2.05, 4.69) is 0 Å². The number of ketones is 1. The molecule has 1 atom stereocenters. The first-order valence-corrected chi connectivity index (χ1v) is 4.88. The van der Waals surface area contributed by atoms with Crippen LogP contribution < -0.4 is 5.73 Å². The van der Waals surface area contributed by atoms with Crippen LogP contribution in [0.1, 0.15) is 23.0 Å². The van der Waals surface area contributed by atoms with Gasteiger partial charge in [-0.05, 0) is 23.9 Å². The van der Waals surface area contributed by atoms with Crippen LogP contribution in [-0.4, -0.2) is 12.3 Å². The molecule has 0 bridgehead atoms. The summed E-state index contributed by atoms with van der Waals surface area (Å²) in [5.41, 5.74) is 5.42. The van der Waals surface area contributed by atoms with Gasteiger partial charge in [0.15, 0.2) is 5.78 Å². The van der Waals surface area contributed by atoms with Gasteiger partial charge in [-0.3, -0.25) is 4.79 Å². The average Bonchev–Trinajstić information content (AvgIpc) is 2.56. The fourth-order valence-corrected chi connectivity index (χ4v) is 1.61. The minimum atomic E-state index is 0.211. The molecule has 1 aromatic heterocycles. The van der Waals surface area contributed by atoms with Crippen LogP contribution in [0.3, 0.4) is 0 Å². The number of rotatable bonds is 4. The first kappa shape index (κ1) is 9.42. The average molecular weight is 183 g/mol. The second-order valence-electron chi connectivity index (χ2n) is 2.95. The Labute approximate surface area is 76.4 Å². The first-order chi connectivity index (χ1) is 5.74. The maximum absolute atomic E-state index is 11.4. The van der Waals surface area contributed by atoms with E-state index in [-0.39, 0.29) is 5.78 Å². The van der Waals surface area contributed by atoms with E-state index in [0.717, 1.165) is 4.88 Å². The molecular formula is C9H13NOS. The Morgan fingerprint density at radius 2 is 2.50 bits per heavy atom. The van der Waals surface area contributed by atoms with Gasteiger partial charge >= 0.3 is 0 Å². The van der Waals surface area contributed by atoms with Crippen LogP contribution in [0, 0.1) is 5.92 Å². The summed E-state index contributed by atoms with van der Waals surface area (Å²) in [5, 5.41) is 1.92. The van der Waals surface area contributed by atoms with Crippen molar-refractivity contribution in [3.63, 3.8) is 0 Å². The van der Waals surface area contributed by atoms with Gasteiger partial charge in [-0.25, -0.2) is 0 Å². The molecule has 1 heterocycles. The van der Waals surface area contributed by atoms with E-state index < -0.39 is 0 Å². The van der Waals surface area contributed by atoms with Crippen LogP contribution in [0.4, 0.5) is 0 Å². The molecule has 1 aromatic rings. The molecule has 2 N–H and O–H groups in total. The van der Waals surface area contributed by atoms with Crippen molar-refractivity contribution in [1.29, 1.82) is 0 Å². The van der Waals surface area contributed by atoms with Crippen molar-refractivity contribution in [2.24, 2.45) is 11.7 Å². The third-order valence-electron chi connectivity index (χ3n) is 1.73. The van der Waals surface area contributed by atoms with Gasteiger partial charge < -0.3 is 5.73 Å². The highest BCUT2D eigenvalue weighted by Gasteiger charge is 2.10. The van der Waals surface area contributed by atoms with Crippen molar-refractivity contribution >= 4 is 17.1 Å². The summed E-state index contributed by atoms with van der Waals surface area (Å²) in [6.45, 7) is 2.57. The molecule has 0 saturated heterocycles. The topological polar surface area (TPSA) is 43.1 Å². The van der Waals surface area contributed by atoms with E-state index in [4.69, 9.17) is 5.73 Å². The van der Waals surface area contributed by atoms with E-state index in [1.54, 1.807) is 0 Å². The van der Waals surface area contributed by atoms with Crippen LogP contribution in [0.5, 0.6) is 0 Å². The highest BCUT2D eigenvalue weighted by Crippen LogP contribution is 2.13. The Balaban J connectivity index is 2.50. The first-order valence-electron chi connectivity index (χ1n) is 4.00. The van der Waals surface area contributed by atoms with Gasteiger partial charge in [0.05, 0.1) is 4.88 Å². The summed E-state index contributed by atoms with van der Waals surface area (Å²) in [6.07, 6.45) is 0.566. The van der Waals surface area contributed by atoms with E-state index in [1.807, 2.05) is 24.4 Å². The van der Waals surface area contributed by atoms with Crippen molar-refractivity contribution in [2.75, 3.05) is 6.54 Å². The zero-order chi connectivity index (χ0) is 8.97. The number of nitrogens with two attached hydrogens (primary N) is 1. The summed E-state index contributed by atoms with van der Waals surface area (Å²) in [5.74, 6) is 0.502. The third-order valence-corrected chi connectivity index (χ3v) is 2.64. The van der Waals surface area contributed by atoms with Crippen LogP contribution in [0.25, 0.3) is 0 Å². The highest BCUT2D eigenvalue weighted by molar-refractivity contribution is 7.12. The fourth-order valence-electron chi connectivity index (χ4n) is 0.938. The highest BCUT2D eigenvalue weighted by atomic mass is 32.1. The summed E-state index contributed by atoms with van der Waals surface area (Å²) in [4.78, 5) is 12.3. The van der Waals surface area contributed by atoms with Crippen LogP contribution in [-0.2, 0) is 0 Å². The molecule has 0 aromatic carbocycles. The number of hydrogen-bond donors (Lipinski definition) is 1. The number of hydrogen-bond acceptors (Lipinski definition) is 3. The maximum Gasteiger partial charge on any atom is 0.173 e. The summed E-state index contributed by atoms with van der Waals surface area (Å²) in [7, 11) is 0. The lowest BCUT2D eigenvalue weighted by atomic mass is 10.0. The zero-order valence-corrected chi connectivity index (χ0v) is 7.93.